The van der Waals surface area contributed by atoms with E-state index >= 15 is 0 Å². The first kappa shape index (κ1) is 8.85. The van der Waals surface area contributed by atoms with Gasteiger partial charge < -0.3 is 5.32 Å². The first-order chi connectivity index (χ1) is 5.74. The molecule has 2 radical (unpaired) electrons. The van der Waals surface area contributed by atoms with Crippen LogP contribution in [-0.4, -0.2) is 13.8 Å². The number of rotatable bonds is 2. The standard InChI is InChI=1S/C9H10BNO/c1-2-9(12)11-8-6-4-3-5-7(8)10/h3-6H,2H2,1H3,(H,11,12). The summed E-state index contributed by atoms with van der Waals surface area (Å²) in [6, 6.07) is 7.20. The van der Waals surface area contributed by atoms with E-state index in [0.29, 0.717) is 17.6 Å². The van der Waals surface area contributed by atoms with Gasteiger partial charge in [0.15, 0.2) is 0 Å². The second kappa shape index (κ2) is 3.95. The Morgan fingerprint density at radius 3 is 2.75 bits per heavy atom. The number of hydrogen-bond acceptors (Lipinski definition) is 1. The number of benzene rings is 1. The Kier molecular flexibility index (Phi) is 2.91. The highest BCUT2D eigenvalue weighted by Crippen LogP contribution is 2.01. The molecule has 60 valence electrons. The molecule has 3 heteroatoms. The van der Waals surface area contributed by atoms with Crippen LogP contribution < -0.4 is 10.8 Å². The SMILES string of the molecule is [B]c1ccccc1NC(=O)CC. The molecule has 1 amide bonds. The molecule has 0 aliphatic carbocycles. The molecule has 0 saturated heterocycles. The van der Waals surface area contributed by atoms with E-state index in [-0.39, 0.29) is 5.91 Å². The molecule has 0 aliphatic heterocycles. The van der Waals surface area contributed by atoms with E-state index in [1.807, 2.05) is 12.1 Å². The highest BCUT2D eigenvalue weighted by Gasteiger charge is 1.99. The van der Waals surface area contributed by atoms with Gasteiger partial charge in [-0.15, -0.1) is 0 Å². The zero-order valence-electron chi connectivity index (χ0n) is 7.00. The van der Waals surface area contributed by atoms with Crippen LogP contribution in [0.2, 0.25) is 0 Å². The van der Waals surface area contributed by atoms with Crippen LogP contribution in [0.3, 0.4) is 0 Å². The molecule has 0 spiro atoms. The van der Waals surface area contributed by atoms with Crippen molar-refractivity contribution in [2.45, 2.75) is 13.3 Å². The topological polar surface area (TPSA) is 29.1 Å². The third-order valence-electron chi connectivity index (χ3n) is 1.56. The van der Waals surface area contributed by atoms with Gasteiger partial charge in [0.05, 0.1) is 0 Å². The zero-order valence-corrected chi connectivity index (χ0v) is 7.00. The lowest BCUT2D eigenvalue weighted by atomic mass is 9.94. The van der Waals surface area contributed by atoms with Gasteiger partial charge >= 0.3 is 0 Å². The summed E-state index contributed by atoms with van der Waals surface area (Å²) in [5.41, 5.74) is 1.28. The average molecular weight is 159 g/mol. The van der Waals surface area contributed by atoms with Gasteiger partial charge in [-0.05, 0) is 6.07 Å². The molecule has 1 aromatic rings. The molecule has 0 bridgehead atoms. The van der Waals surface area contributed by atoms with Gasteiger partial charge in [0, 0.05) is 12.1 Å². The second-order valence-electron chi connectivity index (χ2n) is 2.49. The third kappa shape index (κ3) is 2.12. The van der Waals surface area contributed by atoms with E-state index in [1.54, 1.807) is 19.1 Å². The molecule has 1 N–H and O–H groups in total. The molecule has 1 aromatic carbocycles. The quantitative estimate of drug-likeness (QED) is 0.636. The van der Waals surface area contributed by atoms with Gasteiger partial charge in [0.2, 0.25) is 5.91 Å². The van der Waals surface area contributed by atoms with Crippen molar-refractivity contribution in [1.29, 1.82) is 0 Å². The average Bonchev–Trinajstić information content (AvgIpc) is 2.09. The minimum atomic E-state index is -0.0205. The Hall–Kier alpha value is -1.25. The lowest BCUT2D eigenvalue weighted by molar-refractivity contribution is -0.115. The predicted molar refractivity (Wildman–Crippen MR) is 50.8 cm³/mol. The number of amides is 1. The number of carbonyl (C=O) groups is 1. The number of hydrogen-bond donors (Lipinski definition) is 1. The summed E-state index contributed by atoms with van der Waals surface area (Å²) in [4.78, 5) is 11.0. The van der Waals surface area contributed by atoms with Crippen molar-refractivity contribution in [3.05, 3.63) is 24.3 Å². The first-order valence-corrected chi connectivity index (χ1v) is 3.88. The molecule has 0 aromatic heterocycles. The number of carbonyl (C=O) groups excluding carboxylic acids is 1. The third-order valence-corrected chi connectivity index (χ3v) is 1.56. The van der Waals surface area contributed by atoms with E-state index in [0.717, 1.165) is 0 Å². The predicted octanol–water partition coefficient (Wildman–Crippen LogP) is 0.829. The molecule has 0 atom stereocenters. The van der Waals surface area contributed by atoms with E-state index < -0.39 is 0 Å². The Balaban J connectivity index is 2.75. The monoisotopic (exact) mass is 159 g/mol. The maximum atomic E-state index is 11.0. The minimum absolute atomic E-state index is 0.0205. The molecule has 0 saturated carbocycles. The van der Waals surface area contributed by atoms with E-state index in [4.69, 9.17) is 7.85 Å². The van der Waals surface area contributed by atoms with Crippen LogP contribution in [0.4, 0.5) is 5.69 Å². The van der Waals surface area contributed by atoms with E-state index in [2.05, 4.69) is 5.32 Å². The summed E-state index contributed by atoms with van der Waals surface area (Å²) in [6.07, 6.45) is 0.467. The number of nitrogens with one attached hydrogen (secondary N) is 1. The normalized spacial score (nSPS) is 9.42. The van der Waals surface area contributed by atoms with Crippen LogP contribution in [0.25, 0.3) is 0 Å². The highest BCUT2D eigenvalue weighted by molar-refractivity contribution is 6.36. The van der Waals surface area contributed by atoms with Crippen molar-refractivity contribution < 1.29 is 4.79 Å². The second-order valence-corrected chi connectivity index (χ2v) is 2.49. The Morgan fingerprint density at radius 1 is 1.50 bits per heavy atom. The van der Waals surface area contributed by atoms with Crippen LogP contribution in [0, 0.1) is 0 Å². The largest absolute Gasteiger partial charge is 0.327 e. The van der Waals surface area contributed by atoms with E-state index in [9.17, 15) is 4.79 Å². The van der Waals surface area contributed by atoms with Gasteiger partial charge in [-0.3, -0.25) is 4.79 Å². The molecule has 0 aliphatic rings. The maximum Gasteiger partial charge on any atom is 0.224 e. The molecule has 0 heterocycles. The molecule has 2 nitrogen and oxygen atoms in total. The Bertz CT molecular complexity index is 286. The van der Waals surface area contributed by atoms with Crippen LogP contribution in [0.5, 0.6) is 0 Å². The Morgan fingerprint density at radius 2 is 2.17 bits per heavy atom. The summed E-state index contributed by atoms with van der Waals surface area (Å²) in [7, 11) is 5.61. The molecular formula is C9H10BNO. The van der Waals surface area contributed by atoms with Crippen LogP contribution in [0.1, 0.15) is 13.3 Å². The van der Waals surface area contributed by atoms with Crippen LogP contribution >= 0.6 is 0 Å². The fraction of sp³-hybridized carbons (Fsp3) is 0.222. The number of anilines is 1. The molecule has 12 heavy (non-hydrogen) atoms. The summed E-state index contributed by atoms with van der Waals surface area (Å²) in [6.45, 7) is 1.80. The van der Waals surface area contributed by atoms with Crippen molar-refractivity contribution in [3.8, 4) is 0 Å². The summed E-state index contributed by atoms with van der Waals surface area (Å²) in [5.74, 6) is -0.0205. The van der Waals surface area contributed by atoms with Gasteiger partial charge in [-0.1, -0.05) is 30.6 Å². The van der Waals surface area contributed by atoms with Crippen molar-refractivity contribution in [2.24, 2.45) is 0 Å². The van der Waals surface area contributed by atoms with E-state index in [1.165, 1.54) is 0 Å². The first-order valence-electron chi connectivity index (χ1n) is 3.88. The maximum absolute atomic E-state index is 11.0. The fourth-order valence-electron chi connectivity index (χ4n) is 0.849. The highest BCUT2D eigenvalue weighted by atomic mass is 16.1. The lowest BCUT2D eigenvalue weighted by Crippen LogP contribution is -2.17. The van der Waals surface area contributed by atoms with Crippen molar-refractivity contribution in [2.75, 3.05) is 5.32 Å². The van der Waals surface area contributed by atoms with Crippen molar-refractivity contribution in [1.82, 2.24) is 0 Å². The molecule has 1 rings (SSSR count). The van der Waals surface area contributed by atoms with Crippen molar-refractivity contribution >= 4 is 24.9 Å². The smallest absolute Gasteiger partial charge is 0.224 e. The van der Waals surface area contributed by atoms with Gasteiger partial charge in [0.25, 0.3) is 0 Å². The molecule has 0 unspecified atom stereocenters. The zero-order chi connectivity index (χ0) is 8.97. The minimum Gasteiger partial charge on any atom is -0.327 e. The summed E-state index contributed by atoms with van der Waals surface area (Å²) >= 11 is 0. The Labute approximate surface area is 73.4 Å². The summed E-state index contributed by atoms with van der Waals surface area (Å²) in [5, 5.41) is 2.70. The van der Waals surface area contributed by atoms with Crippen LogP contribution in [-0.2, 0) is 4.79 Å². The summed E-state index contributed by atoms with van der Waals surface area (Å²) < 4.78 is 0. The lowest BCUT2D eigenvalue weighted by Gasteiger charge is -2.06. The molecule has 0 fully saturated rings. The van der Waals surface area contributed by atoms with Crippen molar-refractivity contribution in [3.63, 3.8) is 0 Å². The number of para-hydroxylation sites is 1. The molecular weight excluding hydrogens is 149 g/mol. The van der Waals surface area contributed by atoms with Gasteiger partial charge in [-0.25, -0.2) is 0 Å². The fourth-order valence-corrected chi connectivity index (χ4v) is 0.849. The van der Waals surface area contributed by atoms with Gasteiger partial charge in [0.1, 0.15) is 7.85 Å². The van der Waals surface area contributed by atoms with Gasteiger partial charge in [-0.2, -0.15) is 0 Å². The van der Waals surface area contributed by atoms with Crippen LogP contribution in [0.15, 0.2) is 24.3 Å².